The molecular weight excluding hydrogens is 296 g/mol. The van der Waals surface area contributed by atoms with Crippen LogP contribution in [-0.2, 0) is 0 Å². The highest BCUT2D eigenvalue weighted by Gasteiger charge is 2.18. The third-order valence-electron chi connectivity index (χ3n) is 1.13. The number of aromatic nitrogens is 1. The van der Waals surface area contributed by atoms with E-state index in [4.69, 9.17) is 0 Å². The Hall–Kier alpha value is -0.690. The molecule has 0 saturated heterocycles. The molecule has 1 rings (SSSR count). The molecule has 1 aromatic rings. The first-order valence-electron chi connectivity index (χ1n) is 2.71. The number of pyridine rings is 1. The molecule has 5 nitrogen and oxygen atoms in total. The topological polar surface area (TPSA) is 76.3 Å². The summed E-state index contributed by atoms with van der Waals surface area (Å²) in [5.74, 6) is -0.429. The van der Waals surface area contributed by atoms with Gasteiger partial charge in [0.25, 0.3) is 0 Å². The number of nitrogens with zero attached hydrogens (tertiary/aromatic N) is 2. The zero-order valence-corrected chi connectivity index (χ0v) is 8.66. The molecule has 1 heterocycles. The molecule has 0 aliphatic carbocycles. The quantitative estimate of drug-likeness (QED) is 0.490. The lowest BCUT2D eigenvalue weighted by Crippen LogP contribution is -1.91. The van der Waals surface area contributed by atoms with E-state index in [-0.39, 0.29) is 4.47 Å². The maximum absolute atomic E-state index is 10.3. The summed E-state index contributed by atoms with van der Waals surface area (Å²) in [5, 5.41) is 19.4. The second kappa shape index (κ2) is 3.36. The molecule has 0 unspecified atom stereocenters. The van der Waals surface area contributed by atoms with Gasteiger partial charge in [0.2, 0.25) is 5.75 Å². The Balaban J connectivity index is 3.36. The van der Waals surface area contributed by atoms with Crippen LogP contribution in [0.25, 0.3) is 0 Å². The van der Waals surface area contributed by atoms with Gasteiger partial charge in [-0.3, -0.25) is 10.1 Å². The van der Waals surface area contributed by atoms with E-state index >= 15 is 0 Å². The summed E-state index contributed by atoms with van der Waals surface area (Å²) in [6.07, 6.45) is 0.976. The van der Waals surface area contributed by atoms with E-state index in [0.717, 1.165) is 6.20 Å². The van der Waals surface area contributed by atoms with Crippen molar-refractivity contribution in [2.24, 2.45) is 0 Å². The van der Waals surface area contributed by atoms with Gasteiger partial charge in [0.15, 0.2) is 0 Å². The number of aromatic hydroxyl groups is 1. The largest absolute Gasteiger partial charge is 0.501 e. The highest BCUT2D eigenvalue weighted by atomic mass is 79.9. The Morgan fingerprint density at radius 2 is 2.17 bits per heavy atom. The minimum absolute atomic E-state index is 0.178. The van der Waals surface area contributed by atoms with Crippen LogP contribution in [0, 0.1) is 10.1 Å². The van der Waals surface area contributed by atoms with Crippen molar-refractivity contribution in [2.75, 3.05) is 0 Å². The van der Waals surface area contributed by atoms with Gasteiger partial charge < -0.3 is 5.11 Å². The van der Waals surface area contributed by atoms with E-state index in [1.165, 1.54) is 0 Å². The van der Waals surface area contributed by atoms with Gasteiger partial charge in [-0.15, -0.1) is 0 Å². The molecule has 7 heteroatoms. The molecule has 0 saturated carbocycles. The van der Waals surface area contributed by atoms with Crippen LogP contribution in [0.5, 0.6) is 5.75 Å². The van der Waals surface area contributed by atoms with Gasteiger partial charge in [0.1, 0.15) is 10.8 Å². The van der Waals surface area contributed by atoms with E-state index in [1.807, 2.05) is 0 Å². The molecule has 0 aliphatic heterocycles. The maximum atomic E-state index is 10.3. The molecule has 0 radical (unpaired) electrons. The Morgan fingerprint density at radius 1 is 1.58 bits per heavy atom. The SMILES string of the molecule is O=[N+]([O-])c1cnc(Br)c(Br)c1O. The Labute approximate surface area is 83.8 Å². The van der Waals surface area contributed by atoms with Crippen molar-refractivity contribution < 1.29 is 10.0 Å². The molecule has 1 aromatic heterocycles. The van der Waals surface area contributed by atoms with Gasteiger partial charge >= 0.3 is 5.69 Å². The highest BCUT2D eigenvalue weighted by molar-refractivity contribution is 9.13. The van der Waals surface area contributed by atoms with Gasteiger partial charge in [-0.2, -0.15) is 0 Å². The second-order valence-electron chi connectivity index (χ2n) is 1.85. The predicted octanol–water partition coefficient (Wildman–Crippen LogP) is 2.22. The van der Waals surface area contributed by atoms with Crippen molar-refractivity contribution in [3.63, 3.8) is 0 Å². The van der Waals surface area contributed by atoms with E-state index in [2.05, 4.69) is 36.8 Å². The molecule has 0 aromatic carbocycles. The average Bonchev–Trinajstić information content (AvgIpc) is 2.00. The molecular formula is C5H2Br2N2O3. The van der Waals surface area contributed by atoms with Crippen molar-refractivity contribution >= 4 is 37.5 Å². The lowest BCUT2D eigenvalue weighted by molar-refractivity contribution is -0.386. The second-order valence-corrected chi connectivity index (χ2v) is 3.40. The van der Waals surface area contributed by atoms with Crippen molar-refractivity contribution in [1.29, 1.82) is 0 Å². The van der Waals surface area contributed by atoms with Crippen LogP contribution in [0.15, 0.2) is 15.3 Å². The highest BCUT2D eigenvalue weighted by Crippen LogP contribution is 2.36. The standard InChI is InChI=1S/C5H2Br2N2O3/c6-3-4(10)2(9(11)12)1-8-5(3)7/h1H,(H,8,10). The number of halogens is 2. The smallest absolute Gasteiger partial charge is 0.330 e. The summed E-state index contributed by atoms with van der Waals surface area (Å²) in [5.41, 5.74) is -0.426. The maximum Gasteiger partial charge on any atom is 0.330 e. The van der Waals surface area contributed by atoms with E-state index in [1.54, 1.807) is 0 Å². The third-order valence-corrected chi connectivity index (χ3v) is 3.01. The molecule has 0 fully saturated rings. The summed E-state index contributed by atoms with van der Waals surface area (Å²) in [4.78, 5) is 13.2. The normalized spacial score (nSPS) is 9.83. The number of nitro groups is 1. The first-order valence-corrected chi connectivity index (χ1v) is 4.30. The number of hydrogen-bond acceptors (Lipinski definition) is 4. The van der Waals surface area contributed by atoms with Crippen molar-refractivity contribution in [2.45, 2.75) is 0 Å². The van der Waals surface area contributed by atoms with Crippen LogP contribution in [0.4, 0.5) is 5.69 Å². The first kappa shape index (κ1) is 9.40. The number of hydrogen-bond donors (Lipinski definition) is 1. The first-order chi connectivity index (χ1) is 5.54. The zero-order chi connectivity index (χ0) is 9.30. The fourth-order valence-electron chi connectivity index (χ4n) is 0.579. The molecule has 0 amide bonds. The summed E-state index contributed by atoms with van der Waals surface area (Å²) in [6.45, 7) is 0. The van der Waals surface area contributed by atoms with E-state index in [0.29, 0.717) is 4.60 Å². The van der Waals surface area contributed by atoms with Gasteiger partial charge in [-0.25, -0.2) is 4.98 Å². The third kappa shape index (κ3) is 1.56. The molecule has 0 aliphatic rings. The van der Waals surface area contributed by atoms with E-state index < -0.39 is 16.4 Å². The molecule has 0 spiro atoms. The minimum Gasteiger partial charge on any atom is -0.501 e. The Bertz CT molecular complexity index is 342. The predicted molar refractivity (Wildman–Crippen MR) is 48.0 cm³/mol. The molecule has 12 heavy (non-hydrogen) atoms. The summed E-state index contributed by atoms with van der Waals surface area (Å²) in [7, 11) is 0. The van der Waals surface area contributed by atoms with Gasteiger partial charge in [-0.05, 0) is 31.9 Å². The summed E-state index contributed by atoms with van der Waals surface area (Å²) >= 11 is 5.92. The van der Waals surface area contributed by atoms with Crippen molar-refractivity contribution in [3.05, 3.63) is 25.4 Å². The summed E-state index contributed by atoms with van der Waals surface area (Å²) in [6, 6.07) is 0. The van der Waals surface area contributed by atoms with Gasteiger partial charge in [-0.1, -0.05) is 0 Å². The molecule has 64 valence electrons. The van der Waals surface area contributed by atoms with Gasteiger partial charge in [0.05, 0.1) is 9.40 Å². The van der Waals surface area contributed by atoms with Gasteiger partial charge in [0, 0.05) is 0 Å². The van der Waals surface area contributed by atoms with E-state index in [9.17, 15) is 15.2 Å². The lowest BCUT2D eigenvalue weighted by Gasteiger charge is -1.98. The average molecular weight is 298 g/mol. The van der Waals surface area contributed by atoms with Crippen molar-refractivity contribution in [3.8, 4) is 5.75 Å². The van der Waals surface area contributed by atoms with Crippen molar-refractivity contribution in [1.82, 2.24) is 4.98 Å². The van der Waals surface area contributed by atoms with Crippen LogP contribution in [0.1, 0.15) is 0 Å². The van der Waals surface area contributed by atoms with Crippen LogP contribution in [-0.4, -0.2) is 15.0 Å². The monoisotopic (exact) mass is 296 g/mol. The Morgan fingerprint density at radius 3 is 2.67 bits per heavy atom. The molecule has 1 N–H and O–H groups in total. The number of rotatable bonds is 1. The van der Waals surface area contributed by atoms with Crippen LogP contribution < -0.4 is 0 Å². The zero-order valence-electron chi connectivity index (χ0n) is 5.49. The lowest BCUT2D eigenvalue weighted by atomic mass is 10.4. The minimum atomic E-state index is -0.709. The van der Waals surface area contributed by atoms with Crippen LogP contribution >= 0.6 is 31.9 Å². The molecule has 0 bridgehead atoms. The van der Waals surface area contributed by atoms with Crippen LogP contribution in [0.2, 0.25) is 0 Å². The fourth-order valence-corrected chi connectivity index (χ4v) is 1.18. The molecule has 0 atom stereocenters. The van der Waals surface area contributed by atoms with Crippen LogP contribution in [0.3, 0.4) is 0 Å². The Kier molecular flexibility index (Phi) is 2.63. The summed E-state index contributed by atoms with van der Waals surface area (Å²) < 4.78 is 0.502. The fraction of sp³-hybridized carbons (Fsp3) is 0.